The molecule has 0 bridgehead atoms. The fourth-order valence-electron chi connectivity index (χ4n) is 0.955. The van der Waals surface area contributed by atoms with Gasteiger partial charge in [-0.25, -0.2) is 20.2 Å². The first-order chi connectivity index (χ1) is 8.13. The van der Waals surface area contributed by atoms with Crippen molar-refractivity contribution in [2.45, 2.75) is 5.66 Å². The monoisotopic (exact) mass is 280 g/mol. The summed E-state index contributed by atoms with van der Waals surface area (Å²) in [5.74, 6) is 0. The van der Waals surface area contributed by atoms with Gasteiger partial charge in [-0.1, -0.05) is 17.9 Å². The topological polar surface area (TPSA) is 108 Å². The van der Waals surface area contributed by atoms with E-state index in [0.717, 1.165) is 5.43 Å². The Balaban J connectivity index is 5.09. The molecule has 0 aromatic heterocycles. The molecule has 18 heavy (non-hydrogen) atoms. The van der Waals surface area contributed by atoms with Crippen LogP contribution in [0.5, 0.6) is 0 Å². The van der Waals surface area contributed by atoms with Gasteiger partial charge in [-0.2, -0.15) is 0 Å². The van der Waals surface area contributed by atoms with Crippen molar-refractivity contribution >= 4 is 0 Å². The largest absolute Gasteiger partial charge is 0.241 e. The zero-order valence-electron chi connectivity index (χ0n) is 8.80. The van der Waals surface area contributed by atoms with Gasteiger partial charge in [0.2, 0.25) is 5.66 Å². The highest BCUT2D eigenvalue weighted by Crippen LogP contribution is 2.24. The zero-order valence-corrected chi connectivity index (χ0v) is 8.80. The van der Waals surface area contributed by atoms with Gasteiger partial charge in [0.25, 0.3) is 0 Å². The van der Waals surface area contributed by atoms with E-state index < -0.39 is 39.5 Å². The quantitative estimate of drug-likeness (QED) is 0.213. The summed E-state index contributed by atoms with van der Waals surface area (Å²) < 4.78 is 49.9. The number of hydrazine groups is 2. The molecule has 0 rings (SSSR count). The Morgan fingerprint density at radius 1 is 1.17 bits per heavy atom. The van der Waals surface area contributed by atoms with E-state index in [1.165, 1.54) is 0 Å². The molecule has 10 nitrogen and oxygen atoms in total. The lowest BCUT2D eigenvalue weighted by molar-refractivity contribution is -0.656. The molecule has 0 aliphatic carbocycles. The smallest absolute Gasteiger partial charge is 0.235 e. The summed E-state index contributed by atoms with van der Waals surface area (Å²) in [6, 6.07) is 0. The Hall–Kier alpha value is -1.96. The molecule has 0 heterocycles. The van der Waals surface area contributed by atoms with Crippen molar-refractivity contribution in [1.29, 1.82) is 0 Å². The van der Waals surface area contributed by atoms with Crippen molar-refractivity contribution in [3.63, 3.8) is 0 Å². The summed E-state index contributed by atoms with van der Waals surface area (Å²) in [5.41, 5.74) is -2.41. The van der Waals surface area contributed by atoms with E-state index in [2.05, 4.69) is 0 Å². The van der Waals surface area contributed by atoms with Crippen LogP contribution in [-0.2, 0) is 0 Å². The summed E-state index contributed by atoms with van der Waals surface area (Å²) in [6.07, 6.45) is 0. The minimum absolute atomic E-state index is 0.0556. The molecule has 106 valence electrons. The molecular weight excluding hydrogens is 272 g/mol. The number of hydrogen-bond donors (Lipinski definition) is 1. The molecule has 0 spiro atoms. The third-order valence-electron chi connectivity index (χ3n) is 1.88. The van der Waals surface area contributed by atoms with Gasteiger partial charge in [-0.3, -0.25) is 0 Å². The van der Waals surface area contributed by atoms with Crippen LogP contribution in [-0.4, -0.2) is 51.6 Å². The molecule has 14 heteroatoms. The molecule has 0 amide bonds. The number of rotatable bonds is 8. The number of nitro groups is 2. The first kappa shape index (κ1) is 16.0. The second kappa shape index (κ2) is 6.10. The van der Waals surface area contributed by atoms with E-state index in [1.807, 2.05) is 0 Å². The van der Waals surface area contributed by atoms with Gasteiger partial charge in [-0.15, -0.1) is 10.4 Å². The summed E-state index contributed by atoms with van der Waals surface area (Å²) >= 11 is 0. The highest BCUT2D eigenvalue weighted by molar-refractivity contribution is 4.81. The van der Waals surface area contributed by atoms with Crippen LogP contribution in [0.3, 0.4) is 0 Å². The average Bonchev–Trinajstić information content (AvgIpc) is 2.22. The van der Waals surface area contributed by atoms with Crippen LogP contribution >= 0.6 is 0 Å². The predicted octanol–water partition coefficient (Wildman–Crippen LogP) is -0.270. The van der Waals surface area contributed by atoms with E-state index in [9.17, 15) is 38.2 Å². The molecule has 0 unspecified atom stereocenters. The minimum Gasteiger partial charge on any atom is -0.235 e. The number of nitrogens with one attached hydrogen (secondary N) is 1. The molecule has 0 aliphatic rings. The van der Waals surface area contributed by atoms with E-state index >= 15 is 0 Å². The lowest BCUT2D eigenvalue weighted by atomic mass is 10.2. The number of halogens is 4. The Bertz CT molecular complexity index is 308. The van der Waals surface area contributed by atoms with E-state index in [0.29, 0.717) is 7.05 Å². The van der Waals surface area contributed by atoms with Crippen molar-refractivity contribution in [3.8, 4) is 0 Å². The van der Waals surface area contributed by atoms with Crippen molar-refractivity contribution in [1.82, 2.24) is 21.1 Å². The van der Waals surface area contributed by atoms with Crippen LogP contribution in [0, 0.1) is 20.2 Å². The molecule has 1 N–H and O–H groups in total. The third kappa shape index (κ3) is 3.81. The molecule has 0 radical (unpaired) electrons. The second-order valence-electron chi connectivity index (χ2n) is 3.09. The summed E-state index contributed by atoms with van der Waals surface area (Å²) in [4.78, 5) is 20.1. The highest BCUT2D eigenvalue weighted by atomic mass is 19.4. The molecule has 0 aliphatic heterocycles. The normalized spacial score (nSPS) is 11.7. The van der Waals surface area contributed by atoms with Gasteiger partial charge in [-0.05, 0) is 0 Å². The number of likely N-dealkylation sites (N-methyl/N-ethyl adjacent to an activating group) is 1. The van der Waals surface area contributed by atoms with Crippen LogP contribution in [0.15, 0.2) is 0 Å². The Morgan fingerprint density at radius 2 is 1.61 bits per heavy atom. The Labute approximate surface area is 96.3 Å². The fraction of sp³-hybridized carbons (Fsp3) is 1.00. The van der Waals surface area contributed by atoms with Crippen LogP contribution < -0.4 is 5.43 Å². The Morgan fingerprint density at radius 3 is 1.89 bits per heavy atom. The molecule has 0 fully saturated rings. The second-order valence-corrected chi connectivity index (χ2v) is 3.09. The fourth-order valence-corrected chi connectivity index (χ4v) is 0.955. The standard InChI is InChI=1S/C4H8F4N6O4/c1-10(14(17)18)3-4(11(5)6,12(7)8)2-9-13(15)16/h9H,2-3H2,1H3. The predicted molar refractivity (Wildman–Crippen MR) is 45.5 cm³/mol. The minimum atomic E-state index is -3.53. The zero-order chi connectivity index (χ0) is 14.5. The van der Waals surface area contributed by atoms with Crippen LogP contribution in [0.2, 0.25) is 0 Å². The molecule has 0 aromatic rings. The lowest BCUT2D eigenvalue weighted by Crippen LogP contribution is -2.62. The Kier molecular flexibility index (Phi) is 5.44. The van der Waals surface area contributed by atoms with Gasteiger partial charge < -0.3 is 0 Å². The van der Waals surface area contributed by atoms with Gasteiger partial charge in [0.15, 0.2) is 10.1 Å². The maximum absolute atomic E-state index is 12.5. The van der Waals surface area contributed by atoms with Crippen molar-refractivity contribution < 1.29 is 28.0 Å². The third-order valence-corrected chi connectivity index (χ3v) is 1.88. The molecule has 0 atom stereocenters. The summed E-state index contributed by atoms with van der Waals surface area (Å²) in [6.45, 7) is -3.03. The van der Waals surface area contributed by atoms with Crippen LogP contribution in [0.4, 0.5) is 17.9 Å². The van der Waals surface area contributed by atoms with E-state index in [-0.39, 0.29) is 5.01 Å². The molecular formula is C4H8F4N6O4. The summed E-state index contributed by atoms with van der Waals surface area (Å²) in [7, 11) is 0.661. The molecule has 0 saturated carbocycles. The summed E-state index contributed by atoms with van der Waals surface area (Å²) in [5, 5.41) is 13.5. The molecule has 0 aromatic carbocycles. The van der Waals surface area contributed by atoms with Crippen LogP contribution in [0.1, 0.15) is 0 Å². The highest BCUT2D eigenvalue weighted by Gasteiger charge is 2.52. The van der Waals surface area contributed by atoms with E-state index in [1.54, 1.807) is 0 Å². The van der Waals surface area contributed by atoms with Crippen molar-refractivity contribution in [2.24, 2.45) is 0 Å². The van der Waals surface area contributed by atoms with Gasteiger partial charge in [0.1, 0.15) is 13.1 Å². The first-order valence-electron chi connectivity index (χ1n) is 4.10. The number of nitrogens with zero attached hydrogens (tertiary/aromatic N) is 5. The van der Waals surface area contributed by atoms with Gasteiger partial charge in [0.05, 0.1) is 17.7 Å². The van der Waals surface area contributed by atoms with E-state index in [4.69, 9.17) is 0 Å². The lowest BCUT2D eigenvalue weighted by Gasteiger charge is -2.31. The average molecular weight is 280 g/mol. The number of hydrogen-bond acceptors (Lipinski definition) is 6. The van der Waals surface area contributed by atoms with Crippen molar-refractivity contribution in [2.75, 3.05) is 20.1 Å². The maximum Gasteiger partial charge on any atom is 0.241 e. The van der Waals surface area contributed by atoms with Gasteiger partial charge in [0, 0.05) is 0 Å². The van der Waals surface area contributed by atoms with Crippen molar-refractivity contribution in [3.05, 3.63) is 20.2 Å². The van der Waals surface area contributed by atoms with Gasteiger partial charge >= 0.3 is 0 Å². The first-order valence-corrected chi connectivity index (χ1v) is 4.10. The van der Waals surface area contributed by atoms with Crippen LogP contribution in [0.25, 0.3) is 0 Å². The SMILES string of the molecule is CN(CC(CN[N+](=O)[O-])(N(F)F)N(F)F)[N+](=O)[O-]. The molecule has 0 saturated heterocycles. The maximum atomic E-state index is 12.5.